The van der Waals surface area contributed by atoms with Crippen LogP contribution in [0.5, 0.6) is 0 Å². The lowest BCUT2D eigenvalue weighted by atomic mass is 10.0. The molecule has 1 heterocycles. The van der Waals surface area contributed by atoms with E-state index in [4.69, 9.17) is 0 Å². The van der Waals surface area contributed by atoms with Crippen molar-refractivity contribution < 1.29 is 14.5 Å². The summed E-state index contributed by atoms with van der Waals surface area (Å²) < 4.78 is 0. The standard InChI is InChI=1S/C18H25N3O2/c1-13-5-4-10-21(11-13)12-17(22)20-16-7-3-2-6-15(16)18(23)19-14-8-9-14/h2-3,6-7,13-14H,4-5,8-12H2,1H3,(H,19,23)(H,20,22)/p+1/t13-/m0/s1. The third-order valence-corrected chi connectivity index (χ3v) is 4.63. The normalized spacial score (nSPS) is 24.0. The van der Waals surface area contributed by atoms with Gasteiger partial charge >= 0.3 is 0 Å². The second-order valence-electron chi connectivity index (χ2n) is 6.97. The van der Waals surface area contributed by atoms with Crippen LogP contribution in [0.2, 0.25) is 0 Å². The largest absolute Gasteiger partial charge is 0.349 e. The molecule has 1 aromatic carbocycles. The minimum Gasteiger partial charge on any atom is -0.349 e. The molecule has 0 bridgehead atoms. The van der Waals surface area contributed by atoms with E-state index in [2.05, 4.69) is 17.6 Å². The fourth-order valence-corrected chi connectivity index (χ4v) is 3.26. The Balaban J connectivity index is 1.60. The maximum absolute atomic E-state index is 12.3. The number of rotatable bonds is 5. The molecule has 23 heavy (non-hydrogen) atoms. The van der Waals surface area contributed by atoms with Crippen molar-refractivity contribution in [3.8, 4) is 0 Å². The number of carbonyl (C=O) groups is 2. The van der Waals surface area contributed by atoms with Crippen molar-refractivity contribution in [1.29, 1.82) is 0 Å². The zero-order valence-corrected chi connectivity index (χ0v) is 13.7. The number of carbonyl (C=O) groups excluding carboxylic acids is 2. The summed E-state index contributed by atoms with van der Waals surface area (Å²) in [5.41, 5.74) is 1.16. The van der Waals surface area contributed by atoms with Crippen LogP contribution in [0.15, 0.2) is 24.3 Å². The van der Waals surface area contributed by atoms with Gasteiger partial charge in [-0.25, -0.2) is 0 Å². The van der Waals surface area contributed by atoms with Crippen molar-refractivity contribution in [3.63, 3.8) is 0 Å². The van der Waals surface area contributed by atoms with Crippen LogP contribution in [0.4, 0.5) is 5.69 Å². The van der Waals surface area contributed by atoms with E-state index in [0.717, 1.165) is 25.9 Å². The zero-order chi connectivity index (χ0) is 16.2. The first kappa shape index (κ1) is 16.0. The lowest BCUT2D eigenvalue weighted by Crippen LogP contribution is -3.14. The van der Waals surface area contributed by atoms with Gasteiger partial charge in [0, 0.05) is 12.0 Å². The smallest absolute Gasteiger partial charge is 0.279 e. The molecule has 3 rings (SSSR count). The van der Waals surface area contributed by atoms with Crippen LogP contribution < -0.4 is 15.5 Å². The summed E-state index contributed by atoms with van der Waals surface area (Å²) in [7, 11) is 0. The van der Waals surface area contributed by atoms with E-state index >= 15 is 0 Å². The van der Waals surface area contributed by atoms with E-state index in [-0.39, 0.29) is 11.8 Å². The van der Waals surface area contributed by atoms with Gasteiger partial charge in [-0.2, -0.15) is 0 Å². The quantitative estimate of drug-likeness (QED) is 0.753. The monoisotopic (exact) mass is 316 g/mol. The van der Waals surface area contributed by atoms with Gasteiger partial charge in [0.05, 0.1) is 24.3 Å². The molecule has 0 spiro atoms. The van der Waals surface area contributed by atoms with Crippen molar-refractivity contribution in [2.45, 2.75) is 38.6 Å². The highest BCUT2D eigenvalue weighted by Crippen LogP contribution is 2.21. The van der Waals surface area contributed by atoms with Gasteiger partial charge in [0.1, 0.15) is 0 Å². The highest BCUT2D eigenvalue weighted by Gasteiger charge is 2.26. The van der Waals surface area contributed by atoms with Crippen LogP contribution in [0.25, 0.3) is 0 Å². The number of benzene rings is 1. The number of para-hydroxylation sites is 1. The highest BCUT2D eigenvalue weighted by atomic mass is 16.2. The van der Waals surface area contributed by atoms with Crippen molar-refractivity contribution in [2.24, 2.45) is 5.92 Å². The molecule has 5 nitrogen and oxygen atoms in total. The molecule has 2 aliphatic rings. The second kappa shape index (κ2) is 7.13. The number of amides is 2. The van der Waals surface area contributed by atoms with Gasteiger partial charge in [-0.1, -0.05) is 19.1 Å². The van der Waals surface area contributed by atoms with Crippen molar-refractivity contribution >= 4 is 17.5 Å². The Morgan fingerprint density at radius 2 is 2.00 bits per heavy atom. The molecule has 2 amide bonds. The van der Waals surface area contributed by atoms with E-state index in [0.29, 0.717) is 29.8 Å². The van der Waals surface area contributed by atoms with Gasteiger partial charge in [0.25, 0.3) is 11.8 Å². The molecule has 1 aliphatic heterocycles. The van der Waals surface area contributed by atoms with Crippen molar-refractivity contribution in [1.82, 2.24) is 5.32 Å². The van der Waals surface area contributed by atoms with E-state index in [9.17, 15) is 9.59 Å². The number of hydrogen-bond donors (Lipinski definition) is 3. The second-order valence-corrected chi connectivity index (χ2v) is 6.97. The molecular formula is C18H26N3O2+. The summed E-state index contributed by atoms with van der Waals surface area (Å²) in [5.74, 6) is 0.575. The molecule has 1 saturated carbocycles. The van der Waals surface area contributed by atoms with Gasteiger partial charge in [-0.3, -0.25) is 9.59 Å². The molecule has 0 radical (unpaired) electrons. The van der Waals surface area contributed by atoms with E-state index in [1.807, 2.05) is 12.1 Å². The molecule has 0 aromatic heterocycles. The van der Waals surface area contributed by atoms with Crippen LogP contribution in [-0.4, -0.2) is 37.5 Å². The van der Waals surface area contributed by atoms with Gasteiger partial charge in [0.15, 0.2) is 6.54 Å². The molecule has 1 unspecified atom stereocenters. The molecule has 2 atom stereocenters. The first-order chi connectivity index (χ1) is 11.1. The maximum Gasteiger partial charge on any atom is 0.279 e. The number of nitrogens with one attached hydrogen (secondary N) is 3. The average Bonchev–Trinajstić information content (AvgIpc) is 3.31. The Bertz CT molecular complexity index is 583. The molecule has 1 aromatic rings. The fourth-order valence-electron chi connectivity index (χ4n) is 3.26. The SMILES string of the molecule is C[C@H]1CCC[NH+](CC(=O)Nc2ccccc2C(=O)NC2CC2)C1. The predicted octanol–water partition coefficient (Wildman–Crippen LogP) is 0.832. The van der Waals surface area contributed by atoms with E-state index < -0.39 is 0 Å². The summed E-state index contributed by atoms with van der Waals surface area (Å²) in [6, 6.07) is 7.55. The van der Waals surface area contributed by atoms with Crippen LogP contribution in [-0.2, 0) is 4.79 Å². The molecule has 2 fully saturated rings. The number of piperidine rings is 1. The Labute approximate surface area is 137 Å². The maximum atomic E-state index is 12.3. The Kier molecular flexibility index (Phi) is 4.96. The number of likely N-dealkylation sites (tertiary alicyclic amines) is 1. The minimum atomic E-state index is -0.0951. The first-order valence-electron chi connectivity index (χ1n) is 8.65. The number of quaternary nitrogens is 1. The third-order valence-electron chi connectivity index (χ3n) is 4.63. The predicted molar refractivity (Wildman–Crippen MR) is 89.5 cm³/mol. The first-order valence-corrected chi connectivity index (χ1v) is 8.65. The Morgan fingerprint density at radius 3 is 2.74 bits per heavy atom. The lowest BCUT2D eigenvalue weighted by Gasteiger charge is -2.27. The fraction of sp³-hybridized carbons (Fsp3) is 0.556. The topological polar surface area (TPSA) is 62.6 Å². The minimum absolute atomic E-state index is 0.0132. The number of anilines is 1. The summed E-state index contributed by atoms with van der Waals surface area (Å²) in [5, 5.41) is 5.90. The van der Waals surface area contributed by atoms with Crippen LogP contribution >= 0.6 is 0 Å². The van der Waals surface area contributed by atoms with Crippen LogP contribution in [0, 0.1) is 5.92 Å². The zero-order valence-electron chi connectivity index (χ0n) is 13.7. The summed E-state index contributed by atoms with van der Waals surface area (Å²) >= 11 is 0. The van der Waals surface area contributed by atoms with Crippen molar-refractivity contribution in [3.05, 3.63) is 29.8 Å². The van der Waals surface area contributed by atoms with Gasteiger partial charge < -0.3 is 15.5 Å². The molecule has 5 heteroatoms. The molecule has 1 aliphatic carbocycles. The summed E-state index contributed by atoms with van der Waals surface area (Å²) in [6.07, 6.45) is 4.55. The Morgan fingerprint density at radius 1 is 1.22 bits per heavy atom. The summed E-state index contributed by atoms with van der Waals surface area (Å²) in [6.45, 7) is 4.83. The summed E-state index contributed by atoms with van der Waals surface area (Å²) in [4.78, 5) is 25.9. The Hall–Kier alpha value is -1.88. The van der Waals surface area contributed by atoms with Gasteiger partial charge in [-0.05, 0) is 37.8 Å². The van der Waals surface area contributed by atoms with Crippen LogP contribution in [0.3, 0.4) is 0 Å². The molecule has 1 saturated heterocycles. The molecule has 3 N–H and O–H groups in total. The van der Waals surface area contributed by atoms with Crippen molar-refractivity contribution in [2.75, 3.05) is 25.0 Å². The highest BCUT2D eigenvalue weighted by molar-refractivity contribution is 6.04. The lowest BCUT2D eigenvalue weighted by molar-refractivity contribution is -0.900. The number of hydrogen-bond acceptors (Lipinski definition) is 2. The van der Waals surface area contributed by atoms with Crippen LogP contribution in [0.1, 0.15) is 43.0 Å². The van der Waals surface area contributed by atoms with Gasteiger partial charge in [-0.15, -0.1) is 0 Å². The van der Waals surface area contributed by atoms with E-state index in [1.54, 1.807) is 12.1 Å². The van der Waals surface area contributed by atoms with E-state index in [1.165, 1.54) is 17.7 Å². The molecule has 124 valence electrons. The average molecular weight is 316 g/mol. The van der Waals surface area contributed by atoms with Gasteiger partial charge in [0.2, 0.25) is 0 Å². The third kappa shape index (κ3) is 4.55. The molecular weight excluding hydrogens is 290 g/mol.